The Kier molecular flexibility index (Phi) is 4.54. The van der Waals surface area contributed by atoms with Gasteiger partial charge in [0.25, 0.3) is 5.91 Å². The van der Waals surface area contributed by atoms with Crippen molar-refractivity contribution in [3.63, 3.8) is 0 Å². The Morgan fingerprint density at radius 3 is 2.71 bits per heavy atom. The zero-order valence-electron chi connectivity index (χ0n) is 11.9. The van der Waals surface area contributed by atoms with Gasteiger partial charge in [-0.15, -0.1) is 0 Å². The molecule has 1 fully saturated rings. The number of hydrogen-bond donors (Lipinski definition) is 4. The van der Waals surface area contributed by atoms with Crippen LogP contribution in [0.2, 0.25) is 0 Å². The third kappa shape index (κ3) is 3.57. The van der Waals surface area contributed by atoms with Gasteiger partial charge in [0.2, 0.25) is 11.8 Å². The zero-order valence-corrected chi connectivity index (χ0v) is 11.9. The predicted octanol–water partition coefficient (Wildman–Crippen LogP) is -0.619. The lowest BCUT2D eigenvalue weighted by Gasteiger charge is -2.23. The number of benzene rings is 1. The zero-order chi connectivity index (χ0) is 15.4. The van der Waals surface area contributed by atoms with E-state index in [1.165, 1.54) is 0 Å². The van der Waals surface area contributed by atoms with E-state index in [0.29, 0.717) is 11.3 Å². The molecule has 2 rings (SSSR count). The summed E-state index contributed by atoms with van der Waals surface area (Å²) >= 11 is 0. The molecule has 1 aromatic rings. The minimum absolute atomic E-state index is 0.120. The van der Waals surface area contributed by atoms with Crippen LogP contribution in [0.3, 0.4) is 0 Å². The van der Waals surface area contributed by atoms with E-state index in [0.717, 1.165) is 5.56 Å². The molecule has 0 bridgehead atoms. The fraction of sp³-hybridized carbons (Fsp3) is 0.357. The summed E-state index contributed by atoms with van der Waals surface area (Å²) in [5, 5.41) is 10.8. The highest BCUT2D eigenvalue weighted by Crippen LogP contribution is 2.17. The summed E-state index contributed by atoms with van der Waals surface area (Å²) in [6.45, 7) is 2.22. The first kappa shape index (κ1) is 15.0. The molecule has 1 aromatic carbocycles. The van der Waals surface area contributed by atoms with Crippen LogP contribution >= 0.6 is 0 Å². The van der Waals surface area contributed by atoms with Gasteiger partial charge in [0.15, 0.2) is 0 Å². The van der Waals surface area contributed by atoms with E-state index in [1.807, 2.05) is 6.92 Å². The molecule has 7 nitrogen and oxygen atoms in total. The molecule has 1 heterocycles. The van der Waals surface area contributed by atoms with Gasteiger partial charge in [-0.25, -0.2) is 0 Å². The first-order valence-corrected chi connectivity index (χ1v) is 6.65. The van der Waals surface area contributed by atoms with E-state index >= 15 is 0 Å². The summed E-state index contributed by atoms with van der Waals surface area (Å²) in [5.41, 5.74) is 1.92. The number of amides is 3. The SMILES string of the molecule is CNC(=O)c1ccc(C)c(NC(=O)C2CNC(=O)CN2)c1. The van der Waals surface area contributed by atoms with Crippen LogP contribution < -0.4 is 21.3 Å². The van der Waals surface area contributed by atoms with Gasteiger partial charge in [-0.3, -0.25) is 19.7 Å². The van der Waals surface area contributed by atoms with Gasteiger partial charge in [-0.2, -0.15) is 0 Å². The summed E-state index contributed by atoms with van der Waals surface area (Å²) in [7, 11) is 1.55. The Labute approximate surface area is 122 Å². The van der Waals surface area contributed by atoms with Crippen LogP contribution in [0.4, 0.5) is 5.69 Å². The van der Waals surface area contributed by atoms with Crippen molar-refractivity contribution in [2.24, 2.45) is 0 Å². The topological polar surface area (TPSA) is 99.3 Å². The number of rotatable bonds is 3. The Morgan fingerprint density at radius 1 is 1.33 bits per heavy atom. The normalized spacial score (nSPS) is 17.8. The smallest absolute Gasteiger partial charge is 0.251 e. The van der Waals surface area contributed by atoms with Gasteiger partial charge >= 0.3 is 0 Å². The van der Waals surface area contributed by atoms with Crippen molar-refractivity contribution in [1.29, 1.82) is 0 Å². The maximum atomic E-state index is 12.2. The molecule has 21 heavy (non-hydrogen) atoms. The highest BCUT2D eigenvalue weighted by molar-refractivity contribution is 5.99. The van der Waals surface area contributed by atoms with Crippen LogP contribution in [-0.2, 0) is 9.59 Å². The van der Waals surface area contributed by atoms with Crippen molar-refractivity contribution in [3.05, 3.63) is 29.3 Å². The second-order valence-electron chi connectivity index (χ2n) is 4.84. The first-order chi connectivity index (χ1) is 10.0. The molecule has 0 saturated carbocycles. The van der Waals surface area contributed by atoms with Crippen molar-refractivity contribution in [1.82, 2.24) is 16.0 Å². The molecular formula is C14H18N4O3. The quantitative estimate of drug-likeness (QED) is 0.596. The minimum Gasteiger partial charge on any atom is -0.355 e. The van der Waals surface area contributed by atoms with Gasteiger partial charge in [0, 0.05) is 24.8 Å². The van der Waals surface area contributed by atoms with Crippen LogP contribution in [-0.4, -0.2) is 43.9 Å². The van der Waals surface area contributed by atoms with E-state index < -0.39 is 6.04 Å². The largest absolute Gasteiger partial charge is 0.355 e. The summed E-state index contributed by atoms with van der Waals surface area (Å²) in [4.78, 5) is 34.8. The molecule has 1 unspecified atom stereocenters. The van der Waals surface area contributed by atoms with Gasteiger partial charge in [-0.1, -0.05) is 6.07 Å². The average molecular weight is 290 g/mol. The summed E-state index contributed by atoms with van der Waals surface area (Å²) < 4.78 is 0. The average Bonchev–Trinajstić information content (AvgIpc) is 2.49. The summed E-state index contributed by atoms with van der Waals surface area (Å²) in [6.07, 6.45) is 0. The predicted molar refractivity (Wildman–Crippen MR) is 78.0 cm³/mol. The molecule has 0 aliphatic carbocycles. The number of nitrogens with one attached hydrogen (secondary N) is 4. The van der Waals surface area contributed by atoms with Crippen LogP contribution in [0, 0.1) is 6.92 Å². The molecule has 0 radical (unpaired) electrons. The van der Waals surface area contributed by atoms with Gasteiger partial charge in [-0.05, 0) is 24.6 Å². The maximum absolute atomic E-state index is 12.2. The van der Waals surface area contributed by atoms with Gasteiger partial charge < -0.3 is 16.0 Å². The number of anilines is 1. The Hall–Kier alpha value is -2.41. The van der Waals surface area contributed by atoms with Gasteiger partial charge in [0.05, 0.1) is 6.54 Å². The molecule has 1 saturated heterocycles. The van der Waals surface area contributed by atoms with Crippen LogP contribution in [0.5, 0.6) is 0 Å². The molecule has 1 atom stereocenters. The van der Waals surface area contributed by atoms with Crippen molar-refractivity contribution in [2.45, 2.75) is 13.0 Å². The molecule has 0 spiro atoms. The van der Waals surface area contributed by atoms with Crippen LogP contribution in [0.15, 0.2) is 18.2 Å². The summed E-state index contributed by atoms with van der Waals surface area (Å²) in [6, 6.07) is 4.62. The first-order valence-electron chi connectivity index (χ1n) is 6.65. The molecule has 112 valence electrons. The molecule has 7 heteroatoms. The van der Waals surface area contributed by atoms with Crippen molar-refractivity contribution >= 4 is 23.4 Å². The lowest BCUT2D eigenvalue weighted by Crippen LogP contribution is -2.56. The Bertz CT molecular complexity index is 576. The third-order valence-corrected chi connectivity index (χ3v) is 3.31. The Balaban J connectivity index is 2.09. The maximum Gasteiger partial charge on any atom is 0.251 e. The van der Waals surface area contributed by atoms with E-state index in [-0.39, 0.29) is 30.8 Å². The van der Waals surface area contributed by atoms with E-state index in [4.69, 9.17) is 0 Å². The molecule has 4 N–H and O–H groups in total. The standard InChI is InChI=1S/C14H18N4O3/c1-8-3-4-9(13(20)15-2)5-10(8)18-14(21)11-6-17-12(19)7-16-11/h3-5,11,16H,6-7H2,1-2H3,(H,15,20)(H,17,19)(H,18,21). The van der Waals surface area contributed by atoms with Crippen molar-refractivity contribution in [2.75, 3.05) is 25.5 Å². The lowest BCUT2D eigenvalue weighted by atomic mass is 10.1. The van der Waals surface area contributed by atoms with Crippen molar-refractivity contribution in [3.8, 4) is 0 Å². The highest BCUT2D eigenvalue weighted by Gasteiger charge is 2.24. The Morgan fingerprint density at radius 2 is 2.10 bits per heavy atom. The van der Waals surface area contributed by atoms with E-state index in [9.17, 15) is 14.4 Å². The number of carbonyl (C=O) groups excluding carboxylic acids is 3. The molecule has 1 aliphatic heterocycles. The van der Waals surface area contributed by atoms with E-state index in [2.05, 4.69) is 21.3 Å². The summed E-state index contributed by atoms with van der Waals surface area (Å²) in [5.74, 6) is -0.586. The third-order valence-electron chi connectivity index (χ3n) is 3.31. The second kappa shape index (κ2) is 6.36. The monoisotopic (exact) mass is 290 g/mol. The highest BCUT2D eigenvalue weighted by atomic mass is 16.2. The van der Waals surface area contributed by atoms with Gasteiger partial charge in [0.1, 0.15) is 6.04 Å². The fourth-order valence-corrected chi connectivity index (χ4v) is 2.01. The molecule has 0 aromatic heterocycles. The van der Waals surface area contributed by atoms with E-state index in [1.54, 1.807) is 25.2 Å². The number of carbonyl (C=O) groups is 3. The van der Waals surface area contributed by atoms with Crippen LogP contribution in [0.1, 0.15) is 15.9 Å². The van der Waals surface area contributed by atoms with Crippen LogP contribution in [0.25, 0.3) is 0 Å². The molecule has 1 aliphatic rings. The molecular weight excluding hydrogens is 272 g/mol. The number of hydrogen-bond acceptors (Lipinski definition) is 4. The molecule has 3 amide bonds. The minimum atomic E-state index is -0.481. The van der Waals surface area contributed by atoms with Crippen molar-refractivity contribution < 1.29 is 14.4 Å². The number of aryl methyl sites for hydroxylation is 1. The number of piperazine rings is 1. The second-order valence-corrected chi connectivity index (χ2v) is 4.84. The fourth-order valence-electron chi connectivity index (χ4n) is 2.01. The lowest BCUT2D eigenvalue weighted by molar-refractivity contribution is -0.124.